The second-order valence-corrected chi connectivity index (χ2v) is 6.57. The summed E-state index contributed by atoms with van der Waals surface area (Å²) < 4.78 is 28.8. The van der Waals surface area contributed by atoms with E-state index >= 15 is 0 Å². The van der Waals surface area contributed by atoms with Crippen molar-refractivity contribution in [3.05, 3.63) is 60.2 Å². The summed E-state index contributed by atoms with van der Waals surface area (Å²) in [5.74, 6) is 0. The third-order valence-corrected chi connectivity index (χ3v) is 4.34. The summed E-state index contributed by atoms with van der Waals surface area (Å²) in [6.07, 6.45) is -0.930. The van der Waals surface area contributed by atoms with Crippen LogP contribution >= 0.6 is 0 Å². The maximum absolute atomic E-state index is 12.0. The van der Waals surface area contributed by atoms with Gasteiger partial charge in [0.25, 0.3) is 10.1 Å². The molecule has 118 valence electrons. The summed E-state index contributed by atoms with van der Waals surface area (Å²) >= 11 is 0. The molecule has 0 amide bonds. The Morgan fingerprint density at radius 2 is 1.73 bits per heavy atom. The van der Waals surface area contributed by atoms with Crippen LogP contribution in [0.2, 0.25) is 0 Å². The number of nitrogens with one attached hydrogen (secondary N) is 1. The van der Waals surface area contributed by atoms with Crippen LogP contribution in [0.25, 0.3) is 0 Å². The number of hydrogen-bond acceptors (Lipinski definition) is 5. The van der Waals surface area contributed by atoms with E-state index in [2.05, 4.69) is 5.32 Å². The van der Waals surface area contributed by atoms with E-state index in [1.54, 1.807) is 12.1 Å². The zero-order chi connectivity index (χ0) is 16.0. The van der Waals surface area contributed by atoms with Crippen molar-refractivity contribution in [1.82, 2.24) is 0 Å². The van der Waals surface area contributed by atoms with E-state index in [1.165, 1.54) is 12.1 Å². The first-order valence-electron chi connectivity index (χ1n) is 6.90. The second-order valence-electron chi connectivity index (χ2n) is 4.95. The van der Waals surface area contributed by atoms with E-state index in [1.807, 2.05) is 37.3 Å². The van der Waals surface area contributed by atoms with Crippen LogP contribution in [0, 0.1) is 6.92 Å². The quantitative estimate of drug-likeness (QED) is 0.765. The van der Waals surface area contributed by atoms with Crippen LogP contribution in [0.4, 0.5) is 5.69 Å². The van der Waals surface area contributed by atoms with Gasteiger partial charge in [0.05, 0.1) is 17.6 Å². The van der Waals surface area contributed by atoms with Crippen LogP contribution in [-0.2, 0) is 14.3 Å². The van der Waals surface area contributed by atoms with Gasteiger partial charge in [-0.15, -0.1) is 0 Å². The van der Waals surface area contributed by atoms with Gasteiger partial charge < -0.3 is 10.4 Å². The third kappa shape index (κ3) is 4.84. The molecule has 0 heterocycles. The lowest BCUT2D eigenvalue weighted by molar-refractivity contribution is 0.121. The molecule has 0 aromatic heterocycles. The predicted octanol–water partition coefficient (Wildman–Crippen LogP) is 2.17. The molecule has 0 fully saturated rings. The molecule has 2 N–H and O–H groups in total. The maximum Gasteiger partial charge on any atom is 0.297 e. The number of aryl methyl sites for hydroxylation is 1. The first kappa shape index (κ1) is 16.5. The van der Waals surface area contributed by atoms with Crippen molar-refractivity contribution < 1.29 is 17.7 Å². The number of para-hydroxylation sites is 1. The highest BCUT2D eigenvalue weighted by Gasteiger charge is 2.17. The summed E-state index contributed by atoms with van der Waals surface area (Å²) in [7, 11) is -3.84. The Labute approximate surface area is 130 Å². The van der Waals surface area contributed by atoms with Gasteiger partial charge in [-0.3, -0.25) is 4.18 Å². The molecule has 0 saturated heterocycles. The molecule has 0 bridgehead atoms. The monoisotopic (exact) mass is 321 g/mol. The number of rotatable bonds is 7. The number of benzene rings is 2. The Morgan fingerprint density at radius 3 is 2.36 bits per heavy atom. The summed E-state index contributed by atoms with van der Waals surface area (Å²) in [4.78, 5) is 0.0846. The average Bonchev–Trinajstić information content (AvgIpc) is 2.52. The van der Waals surface area contributed by atoms with E-state index in [0.29, 0.717) is 0 Å². The minimum atomic E-state index is -3.84. The molecule has 0 aliphatic heterocycles. The first-order valence-corrected chi connectivity index (χ1v) is 8.31. The summed E-state index contributed by atoms with van der Waals surface area (Å²) in [6, 6.07) is 15.7. The Kier molecular flexibility index (Phi) is 5.54. The minimum Gasteiger partial charge on any atom is -0.389 e. The van der Waals surface area contributed by atoms with Crippen LogP contribution in [0.15, 0.2) is 59.5 Å². The van der Waals surface area contributed by atoms with Crippen LogP contribution < -0.4 is 5.32 Å². The summed E-state index contributed by atoms with van der Waals surface area (Å²) in [5, 5.41) is 12.8. The normalized spacial score (nSPS) is 12.8. The molecule has 0 radical (unpaired) electrons. The van der Waals surface area contributed by atoms with Gasteiger partial charge in [0, 0.05) is 12.2 Å². The van der Waals surface area contributed by atoms with Gasteiger partial charge in [-0.1, -0.05) is 35.9 Å². The molecule has 6 heteroatoms. The average molecular weight is 321 g/mol. The zero-order valence-corrected chi connectivity index (χ0v) is 13.1. The van der Waals surface area contributed by atoms with Crippen molar-refractivity contribution in [2.24, 2.45) is 0 Å². The van der Waals surface area contributed by atoms with Crippen LogP contribution in [0.5, 0.6) is 0 Å². The Bertz CT molecular complexity index is 684. The minimum absolute atomic E-state index is 0.0846. The SMILES string of the molecule is Cc1ccc(S(=O)(=O)OC[C@@H](O)CNc2ccccc2)cc1. The molecule has 0 unspecified atom stereocenters. The molecular weight excluding hydrogens is 302 g/mol. The topological polar surface area (TPSA) is 75.6 Å². The van der Waals surface area contributed by atoms with Gasteiger partial charge in [0.15, 0.2) is 0 Å². The van der Waals surface area contributed by atoms with Crippen LogP contribution in [0.1, 0.15) is 5.56 Å². The van der Waals surface area contributed by atoms with E-state index in [4.69, 9.17) is 4.18 Å². The van der Waals surface area contributed by atoms with Crippen LogP contribution in [0.3, 0.4) is 0 Å². The molecule has 22 heavy (non-hydrogen) atoms. The summed E-state index contributed by atoms with van der Waals surface area (Å²) in [5.41, 5.74) is 1.81. The number of aliphatic hydroxyl groups excluding tert-OH is 1. The molecule has 0 aliphatic rings. The number of hydrogen-bond donors (Lipinski definition) is 2. The fraction of sp³-hybridized carbons (Fsp3) is 0.250. The van der Waals surface area contributed by atoms with Crippen molar-refractivity contribution in [2.75, 3.05) is 18.5 Å². The Morgan fingerprint density at radius 1 is 1.09 bits per heavy atom. The zero-order valence-electron chi connectivity index (χ0n) is 12.3. The molecule has 0 aliphatic carbocycles. The second kappa shape index (κ2) is 7.40. The lowest BCUT2D eigenvalue weighted by Crippen LogP contribution is -2.26. The van der Waals surface area contributed by atoms with Crippen molar-refractivity contribution >= 4 is 15.8 Å². The molecule has 5 nitrogen and oxygen atoms in total. The van der Waals surface area contributed by atoms with Gasteiger partial charge in [-0.25, -0.2) is 0 Å². The highest BCUT2D eigenvalue weighted by Crippen LogP contribution is 2.13. The van der Waals surface area contributed by atoms with E-state index in [9.17, 15) is 13.5 Å². The van der Waals surface area contributed by atoms with Gasteiger partial charge >= 0.3 is 0 Å². The van der Waals surface area contributed by atoms with Crippen molar-refractivity contribution in [2.45, 2.75) is 17.9 Å². The molecule has 2 rings (SSSR count). The maximum atomic E-state index is 12.0. The van der Waals surface area contributed by atoms with Crippen LogP contribution in [-0.4, -0.2) is 32.8 Å². The fourth-order valence-electron chi connectivity index (χ4n) is 1.79. The fourth-order valence-corrected chi connectivity index (χ4v) is 2.73. The Hall–Kier alpha value is -1.89. The first-order chi connectivity index (χ1) is 10.5. The van der Waals surface area contributed by atoms with E-state index < -0.39 is 16.2 Å². The Balaban J connectivity index is 1.85. The van der Waals surface area contributed by atoms with Gasteiger partial charge in [-0.2, -0.15) is 8.42 Å². The van der Waals surface area contributed by atoms with E-state index in [0.717, 1.165) is 11.3 Å². The number of anilines is 1. The highest BCUT2D eigenvalue weighted by atomic mass is 32.2. The van der Waals surface area contributed by atoms with Gasteiger partial charge in [0.1, 0.15) is 0 Å². The number of aliphatic hydroxyl groups is 1. The molecule has 2 aromatic carbocycles. The largest absolute Gasteiger partial charge is 0.389 e. The van der Waals surface area contributed by atoms with Crippen molar-refractivity contribution in [1.29, 1.82) is 0 Å². The molecule has 2 aromatic rings. The molecule has 0 spiro atoms. The highest BCUT2D eigenvalue weighted by molar-refractivity contribution is 7.86. The summed E-state index contributed by atoms with van der Waals surface area (Å²) in [6.45, 7) is 1.78. The predicted molar refractivity (Wildman–Crippen MR) is 85.3 cm³/mol. The van der Waals surface area contributed by atoms with E-state index in [-0.39, 0.29) is 18.0 Å². The standard InChI is InChI=1S/C16H19NO4S/c1-13-7-9-16(10-8-13)22(19,20)21-12-15(18)11-17-14-5-3-2-4-6-14/h2-10,15,17-18H,11-12H2,1H3/t15-/m0/s1. The lowest BCUT2D eigenvalue weighted by Gasteiger charge is -2.13. The third-order valence-electron chi connectivity index (χ3n) is 3.04. The van der Waals surface area contributed by atoms with Crippen molar-refractivity contribution in [3.8, 4) is 0 Å². The molecule has 1 atom stereocenters. The molecule has 0 saturated carbocycles. The lowest BCUT2D eigenvalue weighted by atomic mass is 10.2. The van der Waals surface area contributed by atoms with Gasteiger partial charge in [-0.05, 0) is 31.2 Å². The van der Waals surface area contributed by atoms with Crippen molar-refractivity contribution in [3.63, 3.8) is 0 Å². The molecular formula is C16H19NO4S. The van der Waals surface area contributed by atoms with Gasteiger partial charge in [0.2, 0.25) is 0 Å². The smallest absolute Gasteiger partial charge is 0.297 e.